The van der Waals surface area contributed by atoms with Crippen LogP contribution in [0.1, 0.15) is 60.8 Å². The summed E-state index contributed by atoms with van der Waals surface area (Å²) in [6, 6.07) is 0. The summed E-state index contributed by atoms with van der Waals surface area (Å²) in [4.78, 5) is 3.78. The van der Waals surface area contributed by atoms with Crippen molar-refractivity contribution in [3.8, 4) is 0 Å². The van der Waals surface area contributed by atoms with Crippen LogP contribution in [0.2, 0.25) is 0 Å². The van der Waals surface area contributed by atoms with E-state index in [0.29, 0.717) is 0 Å². The minimum atomic E-state index is 0.0417. The Morgan fingerprint density at radius 2 is 1.25 bits per heavy atom. The molecule has 0 aliphatic carbocycles. The number of aromatic nitrogens is 2. The molecule has 0 atom stereocenters. The van der Waals surface area contributed by atoms with E-state index in [4.69, 9.17) is 9.47 Å². The summed E-state index contributed by atoms with van der Waals surface area (Å²) in [7, 11) is 8.70. The average molecular weight is 347 g/mol. The van der Waals surface area contributed by atoms with Crippen LogP contribution in [-0.4, -0.2) is 49.2 Å². The van der Waals surface area contributed by atoms with Crippen LogP contribution in [0.25, 0.3) is 0 Å². The summed E-state index contributed by atoms with van der Waals surface area (Å²) in [6.07, 6.45) is 8.75. The highest BCUT2D eigenvalue weighted by Crippen LogP contribution is 2.22. The number of methoxy groups -OCH3 is 3. The van der Waals surface area contributed by atoms with Gasteiger partial charge >= 0.3 is 0 Å². The first-order chi connectivity index (χ1) is 11.1. The predicted octanol–water partition coefficient (Wildman–Crippen LogP) is 4.72. The van der Waals surface area contributed by atoms with Gasteiger partial charge in [0, 0.05) is 47.9 Å². The second-order valence-electron chi connectivity index (χ2n) is 6.40. The normalized spacial score (nSPS) is 10.5. The van der Waals surface area contributed by atoms with Crippen molar-refractivity contribution in [1.82, 2.24) is 9.55 Å². The Bertz CT molecular complexity index is 311. The molecule has 0 fully saturated rings. The number of imidazole rings is 1. The third-order valence-electron chi connectivity index (χ3n) is 3.62. The van der Waals surface area contributed by atoms with Crippen LogP contribution in [0.15, 0.2) is 18.7 Å². The van der Waals surface area contributed by atoms with Crippen molar-refractivity contribution >= 4 is 0 Å². The molecule has 5 nitrogen and oxygen atoms in total. The molecule has 1 aromatic heterocycles. The van der Waals surface area contributed by atoms with Crippen LogP contribution in [0.3, 0.4) is 0 Å². The zero-order chi connectivity index (χ0) is 19.6. The van der Waals surface area contributed by atoms with E-state index in [9.17, 15) is 0 Å². The Balaban J connectivity index is -0.000000260. The van der Waals surface area contributed by atoms with Gasteiger partial charge in [-0.05, 0) is 40.0 Å². The summed E-state index contributed by atoms with van der Waals surface area (Å²) in [6.45, 7) is 12.6. The topological polar surface area (TPSA) is 45.5 Å². The van der Waals surface area contributed by atoms with E-state index in [1.807, 2.05) is 38.6 Å². The van der Waals surface area contributed by atoms with Crippen LogP contribution in [0.4, 0.5) is 0 Å². The highest BCUT2D eigenvalue weighted by Gasteiger charge is 2.21. The summed E-state index contributed by atoms with van der Waals surface area (Å²) in [5.74, 6) is 0. The van der Waals surface area contributed by atoms with Gasteiger partial charge in [-0.25, -0.2) is 4.98 Å². The molecule has 0 bridgehead atoms. The first-order valence-corrected chi connectivity index (χ1v) is 8.54. The van der Waals surface area contributed by atoms with Gasteiger partial charge in [-0.2, -0.15) is 0 Å². The van der Waals surface area contributed by atoms with Crippen molar-refractivity contribution in [3.63, 3.8) is 0 Å². The predicted molar refractivity (Wildman–Crippen MR) is 104 cm³/mol. The second kappa shape index (κ2) is 16.9. The van der Waals surface area contributed by atoms with Gasteiger partial charge in [0.05, 0.1) is 17.5 Å². The number of ether oxygens (including phenoxy) is 3. The highest BCUT2D eigenvalue weighted by atomic mass is 16.5. The van der Waals surface area contributed by atoms with Gasteiger partial charge in [0.1, 0.15) is 0 Å². The third kappa shape index (κ3) is 19.1. The van der Waals surface area contributed by atoms with Crippen LogP contribution >= 0.6 is 0 Å². The van der Waals surface area contributed by atoms with Crippen molar-refractivity contribution in [1.29, 1.82) is 0 Å². The van der Waals surface area contributed by atoms with Crippen LogP contribution in [-0.2, 0) is 21.3 Å². The molecule has 0 saturated carbocycles. The maximum absolute atomic E-state index is 5.39. The van der Waals surface area contributed by atoms with Crippen molar-refractivity contribution in [2.24, 2.45) is 7.05 Å². The molecule has 1 rings (SSSR count). The minimum Gasteiger partial charge on any atom is -0.388 e. The lowest BCUT2D eigenvalue weighted by Crippen LogP contribution is -2.28. The molecule has 0 unspecified atom stereocenters. The van der Waals surface area contributed by atoms with E-state index in [1.54, 1.807) is 41.0 Å². The van der Waals surface area contributed by atoms with Gasteiger partial charge in [-0.3, -0.25) is 0 Å². The molecule has 0 N–H and O–H groups in total. The number of nitrogens with zero attached hydrogens (tertiary/aromatic N) is 2. The maximum Gasteiger partial charge on any atom is 0.0943 e. The zero-order valence-electron chi connectivity index (χ0n) is 18.0. The Hall–Kier alpha value is -0.910. The molecule has 0 aliphatic rings. The second-order valence-corrected chi connectivity index (χ2v) is 6.40. The Labute approximate surface area is 150 Å². The molecule has 1 aromatic rings. The lowest BCUT2D eigenvalue weighted by atomic mass is 9.94. The molecule has 0 aliphatic heterocycles. The van der Waals surface area contributed by atoms with Crippen molar-refractivity contribution in [3.05, 3.63) is 18.7 Å². The number of aryl methyl sites for hydroxylation is 1. The summed E-state index contributed by atoms with van der Waals surface area (Å²) < 4.78 is 16.5. The number of rotatable bonds is 4. The highest BCUT2D eigenvalue weighted by molar-refractivity contribution is 4.74. The van der Waals surface area contributed by atoms with Gasteiger partial charge in [0.25, 0.3) is 0 Å². The monoisotopic (exact) mass is 346 g/mol. The fourth-order valence-corrected chi connectivity index (χ4v) is 1.51. The number of hydrogen-bond donors (Lipinski definition) is 0. The van der Waals surface area contributed by atoms with E-state index in [1.165, 1.54) is 0 Å². The van der Waals surface area contributed by atoms with Crippen LogP contribution in [0, 0.1) is 0 Å². The van der Waals surface area contributed by atoms with Gasteiger partial charge in [0.2, 0.25) is 0 Å². The summed E-state index contributed by atoms with van der Waals surface area (Å²) in [5, 5.41) is 0. The maximum atomic E-state index is 5.39. The molecule has 5 heteroatoms. The lowest BCUT2D eigenvalue weighted by molar-refractivity contribution is -0.0197. The quantitative estimate of drug-likeness (QED) is 0.791. The van der Waals surface area contributed by atoms with E-state index < -0.39 is 0 Å². The van der Waals surface area contributed by atoms with Gasteiger partial charge in [-0.1, -0.05) is 20.8 Å². The molecule has 0 radical (unpaired) electrons. The molecule has 0 spiro atoms. The Morgan fingerprint density at radius 1 is 0.875 bits per heavy atom. The van der Waals surface area contributed by atoms with E-state index >= 15 is 0 Å². The number of hydrogen-bond acceptors (Lipinski definition) is 4. The Morgan fingerprint density at radius 3 is 1.29 bits per heavy atom. The Kier molecular flexibility index (Phi) is 19.7. The van der Waals surface area contributed by atoms with Crippen LogP contribution in [0.5, 0.6) is 0 Å². The first-order valence-electron chi connectivity index (χ1n) is 8.54. The molecule has 0 amide bonds. The molecular formula is C19H42N2O3. The SMILES string of the molecule is CCC(CC)(CC)OC.COC.COC(C)(C)C.Cn1ccnc1. The van der Waals surface area contributed by atoms with Crippen molar-refractivity contribution in [2.75, 3.05) is 28.4 Å². The standard InChI is InChI=1S/C8H18O.C5H12O.C4H6N2.C2H6O/c1-5-8(6-2,7-3)9-4;1-5(2,3)6-4;1-6-3-2-5-4-6;1-3-2/h5-7H2,1-4H3;1-4H3;2-4H,1H3;1-2H3. The lowest BCUT2D eigenvalue weighted by Gasteiger charge is -2.28. The van der Waals surface area contributed by atoms with Crippen LogP contribution < -0.4 is 0 Å². The molecule has 24 heavy (non-hydrogen) atoms. The molecule has 0 saturated heterocycles. The van der Waals surface area contributed by atoms with Gasteiger partial charge < -0.3 is 18.8 Å². The minimum absolute atomic E-state index is 0.0417. The summed E-state index contributed by atoms with van der Waals surface area (Å²) >= 11 is 0. The van der Waals surface area contributed by atoms with E-state index in [-0.39, 0.29) is 11.2 Å². The smallest absolute Gasteiger partial charge is 0.0943 e. The van der Waals surface area contributed by atoms with Gasteiger partial charge in [0.15, 0.2) is 0 Å². The molecule has 1 heterocycles. The zero-order valence-corrected chi connectivity index (χ0v) is 18.0. The third-order valence-corrected chi connectivity index (χ3v) is 3.62. The van der Waals surface area contributed by atoms with Crippen molar-refractivity contribution < 1.29 is 14.2 Å². The molecule has 0 aromatic carbocycles. The largest absolute Gasteiger partial charge is 0.388 e. The fraction of sp³-hybridized carbons (Fsp3) is 0.842. The first kappa shape index (κ1) is 27.9. The fourth-order valence-electron chi connectivity index (χ4n) is 1.51. The van der Waals surface area contributed by atoms with Crippen molar-refractivity contribution in [2.45, 2.75) is 72.0 Å². The van der Waals surface area contributed by atoms with Gasteiger partial charge in [-0.15, -0.1) is 0 Å². The summed E-state index contributed by atoms with van der Waals surface area (Å²) in [5.41, 5.74) is 0.208. The molecular weight excluding hydrogens is 304 g/mol. The average Bonchev–Trinajstić information content (AvgIpc) is 3.03. The van der Waals surface area contributed by atoms with E-state index in [2.05, 4.69) is 30.5 Å². The molecule has 146 valence electrons. The van der Waals surface area contributed by atoms with E-state index in [0.717, 1.165) is 19.3 Å².